The van der Waals surface area contributed by atoms with Gasteiger partial charge in [-0.05, 0) is 27.0 Å². The summed E-state index contributed by atoms with van der Waals surface area (Å²) in [5, 5.41) is 0. The zero-order valence-corrected chi connectivity index (χ0v) is 10.5. The van der Waals surface area contributed by atoms with Crippen molar-refractivity contribution in [1.82, 2.24) is 9.80 Å². The van der Waals surface area contributed by atoms with E-state index >= 15 is 0 Å². The molecule has 0 aromatic heterocycles. The van der Waals surface area contributed by atoms with Gasteiger partial charge < -0.3 is 9.80 Å². The van der Waals surface area contributed by atoms with E-state index in [1.54, 1.807) is 14.0 Å². The second kappa shape index (κ2) is 6.10. The average molecular weight is 224 g/mol. The lowest BCUT2D eigenvalue weighted by atomic mass is 10.2. The molecule has 0 aliphatic heterocycles. The highest BCUT2D eigenvalue weighted by Crippen LogP contribution is 2.05. The van der Waals surface area contributed by atoms with Crippen LogP contribution in [0.3, 0.4) is 0 Å². The average Bonchev–Trinajstić information content (AvgIpc) is 2.22. The smallest absolute Gasteiger partial charge is 0.249 e. The highest BCUT2D eigenvalue weighted by atomic mass is 16.2. The minimum atomic E-state index is -0.194. The fourth-order valence-corrected chi connectivity index (χ4v) is 1.09. The molecule has 0 spiro atoms. The van der Waals surface area contributed by atoms with Crippen LogP contribution in [0.2, 0.25) is 0 Å². The number of likely N-dealkylation sites (N-methyl/N-ethyl adjacent to an activating group) is 1. The monoisotopic (exact) mass is 224 g/mol. The summed E-state index contributed by atoms with van der Waals surface area (Å²) in [6.45, 7) is 12.5. The number of carbonyl (C=O) groups is 2. The third-order valence-electron chi connectivity index (χ3n) is 2.22. The molecular weight excluding hydrogens is 204 g/mol. The first-order valence-electron chi connectivity index (χ1n) is 5.16. The Morgan fingerprint density at radius 1 is 1.38 bits per heavy atom. The van der Waals surface area contributed by atoms with E-state index in [1.165, 1.54) is 16.0 Å². The fraction of sp³-hybridized carbons (Fsp3) is 0.500. The third-order valence-corrected chi connectivity index (χ3v) is 2.22. The Balaban J connectivity index is 4.71. The fourth-order valence-electron chi connectivity index (χ4n) is 1.09. The molecule has 4 heteroatoms. The van der Waals surface area contributed by atoms with Crippen molar-refractivity contribution in [2.75, 3.05) is 13.6 Å². The lowest BCUT2D eigenvalue weighted by Crippen LogP contribution is -2.44. The number of carbonyl (C=O) groups excluding carboxylic acids is 2. The number of hydrogen-bond donors (Lipinski definition) is 0. The van der Waals surface area contributed by atoms with Gasteiger partial charge in [0.05, 0.1) is 0 Å². The van der Waals surface area contributed by atoms with Crippen LogP contribution in [-0.2, 0) is 9.59 Å². The first kappa shape index (κ1) is 14.4. The first-order valence-corrected chi connectivity index (χ1v) is 5.16. The molecule has 0 radical (unpaired) electrons. The van der Waals surface area contributed by atoms with Crippen LogP contribution in [0, 0.1) is 0 Å². The molecule has 0 aromatic rings. The summed E-state index contributed by atoms with van der Waals surface area (Å²) in [5.74, 6) is -0.362. The zero-order chi connectivity index (χ0) is 12.9. The van der Waals surface area contributed by atoms with Crippen molar-refractivity contribution < 1.29 is 9.59 Å². The molecule has 16 heavy (non-hydrogen) atoms. The number of rotatable bonds is 5. The van der Waals surface area contributed by atoms with Crippen LogP contribution in [0.5, 0.6) is 0 Å². The molecule has 0 aromatic carbocycles. The molecule has 0 saturated carbocycles. The molecule has 0 heterocycles. The maximum atomic E-state index is 11.8. The molecule has 0 unspecified atom stereocenters. The summed E-state index contributed by atoms with van der Waals surface area (Å²) in [7, 11) is 1.61. The maximum Gasteiger partial charge on any atom is 0.249 e. The summed E-state index contributed by atoms with van der Waals surface area (Å²) in [6, 6.07) is -0.0358. The second-order valence-electron chi connectivity index (χ2n) is 3.99. The molecular formula is C12H20N2O2. The Kier molecular flexibility index (Phi) is 5.50. The van der Waals surface area contributed by atoms with Gasteiger partial charge in [-0.25, -0.2) is 0 Å². The Bertz CT molecular complexity index is 308. The van der Waals surface area contributed by atoms with Gasteiger partial charge in [-0.1, -0.05) is 13.2 Å². The van der Waals surface area contributed by atoms with Crippen LogP contribution in [0.15, 0.2) is 24.9 Å². The largest absolute Gasteiger partial charge is 0.327 e. The van der Waals surface area contributed by atoms with Crippen molar-refractivity contribution in [3.8, 4) is 0 Å². The van der Waals surface area contributed by atoms with Gasteiger partial charge in [-0.15, -0.1) is 0 Å². The van der Waals surface area contributed by atoms with Gasteiger partial charge in [-0.2, -0.15) is 0 Å². The standard InChI is InChI=1S/C12H20N2O2/c1-7-13(6)11(15)8-14(10(4)5)12(16)9(2)3/h7,10H,1-2,8H2,3-6H3. The summed E-state index contributed by atoms with van der Waals surface area (Å²) >= 11 is 0. The van der Waals surface area contributed by atoms with Crippen LogP contribution < -0.4 is 0 Å². The van der Waals surface area contributed by atoms with Crippen molar-refractivity contribution in [2.24, 2.45) is 0 Å². The predicted molar refractivity (Wildman–Crippen MR) is 64.6 cm³/mol. The first-order chi connectivity index (χ1) is 7.31. The molecule has 0 aliphatic rings. The molecule has 4 nitrogen and oxygen atoms in total. The van der Waals surface area contributed by atoms with E-state index in [1.807, 2.05) is 13.8 Å². The van der Waals surface area contributed by atoms with Crippen molar-refractivity contribution in [1.29, 1.82) is 0 Å². The van der Waals surface area contributed by atoms with Crippen LogP contribution >= 0.6 is 0 Å². The Hall–Kier alpha value is -1.58. The number of nitrogens with zero attached hydrogens (tertiary/aromatic N) is 2. The molecule has 90 valence electrons. The minimum absolute atomic E-state index is 0.0358. The van der Waals surface area contributed by atoms with Gasteiger partial charge >= 0.3 is 0 Å². The van der Waals surface area contributed by atoms with Gasteiger partial charge in [-0.3, -0.25) is 9.59 Å². The molecule has 0 rings (SSSR count). The maximum absolute atomic E-state index is 11.8. The molecule has 0 aliphatic carbocycles. The van der Waals surface area contributed by atoms with Crippen molar-refractivity contribution >= 4 is 11.8 Å². The van der Waals surface area contributed by atoms with Crippen LogP contribution in [0.4, 0.5) is 0 Å². The van der Waals surface area contributed by atoms with E-state index in [2.05, 4.69) is 13.2 Å². The lowest BCUT2D eigenvalue weighted by Gasteiger charge is -2.27. The molecule has 0 fully saturated rings. The minimum Gasteiger partial charge on any atom is -0.327 e. The SMILES string of the molecule is C=CN(C)C(=O)CN(C(=O)C(=C)C)C(C)C. The van der Waals surface area contributed by atoms with E-state index < -0.39 is 0 Å². The van der Waals surface area contributed by atoms with Crippen molar-refractivity contribution in [3.05, 3.63) is 24.9 Å². The van der Waals surface area contributed by atoms with Gasteiger partial charge in [0.15, 0.2) is 0 Å². The van der Waals surface area contributed by atoms with Crippen LogP contribution in [0.25, 0.3) is 0 Å². The molecule has 0 N–H and O–H groups in total. The topological polar surface area (TPSA) is 40.6 Å². The van der Waals surface area contributed by atoms with Gasteiger partial charge in [0.1, 0.15) is 6.54 Å². The van der Waals surface area contributed by atoms with Gasteiger partial charge in [0.2, 0.25) is 11.8 Å². The highest BCUT2D eigenvalue weighted by molar-refractivity contribution is 5.95. The molecule has 2 amide bonds. The van der Waals surface area contributed by atoms with E-state index in [0.717, 1.165) is 0 Å². The van der Waals surface area contributed by atoms with Crippen LogP contribution in [0.1, 0.15) is 20.8 Å². The summed E-state index contributed by atoms with van der Waals surface area (Å²) in [6.07, 6.45) is 1.42. The van der Waals surface area contributed by atoms with E-state index in [0.29, 0.717) is 5.57 Å². The van der Waals surface area contributed by atoms with Crippen molar-refractivity contribution in [2.45, 2.75) is 26.8 Å². The van der Waals surface area contributed by atoms with Crippen LogP contribution in [-0.4, -0.2) is 41.2 Å². The molecule has 0 bridgehead atoms. The number of hydrogen-bond acceptors (Lipinski definition) is 2. The third kappa shape index (κ3) is 3.88. The van der Waals surface area contributed by atoms with E-state index in [4.69, 9.17) is 0 Å². The summed E-state index contributed by atoms with van der Waals surface area (Å²) in [5.41, 5.74) is 0.433. The summed E-state index contributed by atoms with van der Waals surface area (Å²) < 4.78 is 0. The summed E-state index contributed by atoms with van der Waals surface area (Å²) in [4.78, 5) is 26.3. The quantitative estimate of drug-likeness (QED) is 0.662. The molecule has 0 saturated heterocycles. The van der Waals surface area contributed by atoms with Gasteiger partial charge in [0.25, 0.3) is 0 Å². The second-order valence-corrected chi connectivity index (χ2v) is 3.99. The normalized spacial score (nSPS) is 9.81. The zero-order valence-electron chi connectivity index (χ0n) is 10.5. The number of amides is 2. The lowest BCUT2D eigenvalue weighted by molar-refractivity contribution is -0.137. The Labute approximate surface area is 97.2 Å². The Morgan fingerprint density at radius 2 is 1.88 bits per heavy atom. The van der Waals surface area contributed by atoms with E-state index in [9.17, 15) is 9.59 Å². The molecule has 0 atom stereocenters. The highest BCUT2D eigenvalue weighted by Gasteiger charge is 2.21. The van der Waals surface area contributed by atoms with E-state index in [-0.39, 0.29) is 24.4 Å². The van der Waals surface area contributed by atoms with Crippen molar-refractivity contribution in [3.63, 3.8) is 0 Å². The predicted octanol–water partition coefficient (Wildman–Crippen LogP) is 1.40. The van der Waals surface area contributed by atoms with Gasteiger partial charge in [0, 0.05) is 18.7 Å². The Morgan fingerprint density at radius 3 is 2.19 bits per heavy atom.